The highest BCUT2D eigenvalue weighted by atomic mass is 19.1. The van der Waals surface area contributed by atoms with Gasteiger partial charge in [0, 0.05) is 24.4 Å². The van der Waals surface area contributed by atoms with Gasteiger partial charge in [-0.3, -0.25) is 4.79 Å². The molecule has 1 aliphatic rings. The van der Waals surface area contributed by atoms with E-state index in [0.29, 0.717) is 12.1 Å². The van der Waals surface area contributed by atoms with E-state index in [-0.39, 0.29) is 29.7 Å². The normalized spacial score (nSPS) is 19.0. The molecule has 2 heterocycles. The molecule has 7 nitrogen and oxygen atoms in total. The van der Waals surface area contributed by atoms with Gasteiger partial charge in [0.1, 0.15) is 17.5 Å². The SMILES string of the molecule is CCc1nc(NC2CCC(NC(=O)C(C)C)CC2)c2cnn(-c3ccc(F)cc3)c2n1. The Labute approximate surface area is 181 Å². The van der Waals surface area contributed by atoms with Crippen LogP contribution in [0.4, 0.5) is 10.2 Å². The van der Waals surface area contributed by atoms with Crippen LogP contribution in [0.2, 0.25) is 0 Å². The molecule has 2 aromatic heterocycles. The van der Waals surface area contributed by atoms with Crippen LogP contribution in [0.5, 0.6) is 0 Å². The van der Waals surface area contributed by atoms with Crippen LogP contribution in [0.1, 0.15) is 52.3 Å². The molecule has 8 heteroatoms. The van der Waals surface area contributed by atoms with Crippen LogP contribution in [0.25, 0.3) is 16.7 Å². The summed E-state index contributed by atoms with van der Waals surface area (Å²) in [6.45, 7) is 5.85. The van der Waals surface area contributed by atoms with Gasteiger partial charge in [0.25, 0.3) is 0 Å². The van der Waals surface area contributed by atoms with E-state index < -0.39 is 0 Å². The molecule has 0 bridgehead atoms. The Kier molecular flexibility index (Phi) is 6.15. The Hall–Kier alpha value is -3.03. The number of hydrogen-bond donors (Lipinski definition) is 2. The number of amides is 1. The van der Waals surface area contributed by atoms with Gasteiger partial charge in [0.2, 0.25) is 5.91 Å². The first-order chi connectivity index (χ1) is 14.9. The second-order valence-corrected chi connectivity index (χ2v) is 8.47. The van der Waals surface area contributed by atoms with E-state index in [4.69, 9.17) is 4.98 Å². The fraction of sp³-hybridized carbons (Fsp3) is 0.478. The summed E-state index contributed by atoms with van der Waals surface area (Å²) in [6.07, 6.45) is 6.27. The highest BCUT2D eigenvalue weighted by Gasteiger charge is 2.24. The van der Waals surface area contributed by atoms with Gasteiger partial charge >= 0.3 is 0 Å². The molecule has 0 saturated heterocycles. The predicted octanol–water partition coefficient (Wildman–Crippen LogP) is 4.01. The van der Waals surface area contributed by atoms with Crippen molar-refractivity contribution in [2.24, 2.45) is 5.92 Å². The summed E-state index contributed by atoms with van der Waals surface area (Å²) in [6, 6.07) is 6.74. The van der Waals surface area contributed by atoms with Gasteiger partial charge in [0.05, 0.1) is 17.3 Å². The highest BCUT2D eigenvalue weighted by Crippen LogP contribution is 2.27. The highest BCUT2D eigenvalue weighted by molar-refractivity contribution is 5.87. The van der Waals surface area contributed by atoms with Gasteiger partial charge < -0.3 is 10.6 Å². The second-order valence-electron chi connectivity index (χ2n) is 8.47. The fourth-order valence-electron chi connectivity index (χ4n) is 3.94. The Bertz CT molecular complexity index is 1050. The lowest BCUT2D eigenvalue weighted by atomic mass is 9.90. The average molecular weight is 425 g/mol. The Morgan fingerprint density at radius 2 is 1.81 bits per heavy atom. The largest absolute Gasteiger partial charge is 0.367 e. The smallest absolute Gasteiger partial charge is 0.222 e. The molecular weight excluding hydrogens is 395 g/mol. The summed E-state index contributed by atoms with van der Waals surface area (Å²) >= 11 is 0. The first-order valence-corrected chi connectivity index (χ1v) is 11.0. The number of anilines is 1. The third-order valence-electron chi connectivity index (χ3n) is 5.80. The lowest BCUT2D eigenvalue weighted by Gasteiger charge is -2.30. The number of fused-ring (bicyclic) bond motifs is 1. The van der Waals surface area contributed by atoms with E-state index in [1.807, 2.05) is 20.8 Å². The van der Waals surface area contributed by atoms with E-state index in [9.17, 15) is 9.18 Å². The van der Waals surface area contributed by atoms with Gasteiger partial charge in [-0.15, -0.1) is 0 Å². The lowest BCUT2D eigenvalue weighted by Crippen LogP contribution is -2.41. The van der Waals surface area contributed by atoms with Crippen LogP contribution in [0, 0.1) is 11.7 Å². The third kappa shape index (κ3) is 4.68. The summed E-state index contributed by atoms with van der Waals surface area (Å²) < 4.78 is 15.1. The topological polar surface area (TPSA) is 84.7 Å². The molecule has 1 saturated carbocycles. The number of rotatable bonds is 6. The average Bonchev–Trinajstić information content (AvgIpc) is 3.19. The van der Waals surface area contributed by atoms with Crippen LogP contribution in [0.15, 0.2) is 30.5 Å². The van der Waals surface area contributed by atoms with Crippen LogP contribution >= 0.6 is 0 Å². The zero-order valence-corrected chi connectivity index (χ0v) is 18.2. The van der Waals surface area contributed by atoms with Crippen molar-refractivity contribution in [1.82, 2.24) is 25.1 Å². The van der Waals surface area contributed by atoms with Crippen molar-refractivity contribution >= 4 is 22.8 Å². The number of halogens is 1. The van der Waals surface area contributed by atoms with Gasteiger partial charge in [0.15, 0.2) is 5.65 Å². The van der Waals surface area contributed by atoms with Crippen molar-refractivity contribution in [3.05, 3.63) is 42.1 Å². The molecule has 0 atom stereocenters. The Morgan fingerprint density at radius 1 is 1.13 bits per heavy atom. The number of aromatic nitrogens is 4. The molecule has 1 aromatic carbocycles. The van der Waals surface area contributed by atoms with E-state index >= 15 is 0 Å². The van der Waals surface area contributed by atoms with Crippen molar-refractivity contribution in [1.29, 1.82) is 0 Å². The Balaban J connectivity index is 1.53. The molecule has 0 radical (unpaired) electrons. The van der Waals surface area contributed by atoms with E-state index in [2.05, 4.69) is 20.7 Å². The zero-order chi connectivity index (χ0) is 22.0. The molecule has 0 spiro atoms. The molecule has 0 unspecified atom stereocenters. The fourth-order valence-corrected chi connectivity index (χ4v) is 3.94. The van der Waals surface area contributed by atoms with Crippen molar-refractivity contribution in [3.63, 3.8) is 0 Å². The van der Waals surface area contributed by atoms with Crippen molar-refractivity contribution in [3.8, 4) is 5.69 Å². The summed E-state index contributed by atoms with van der Waals surface area (Å²) in [5.74, 6) is 1.36. The summed E-state index contributed by atoms with van der Waals surface area (Å²) in [5.41, 5.74) is 1.46. The number of nitrogens with zero attached hydrogens (tertiary/aromatic N) is 4. The molecule has 4 rings (SSSR count). The molecule has 1 aliphatic carbocycles. The maximum absolute atomic E-state index is 13.3. The van der Waals surface area contributed by atoms with E-state index in [1.54, 1.807) is 23.0 Å². The summed E-state index contributed by atoms with van der Waals surface area (Å²) in [7, 11) is 0. The van der Waals surface area contributed by atoms with Crippen LogP contribution in [-0.2, 0) is 11.2 Å². The number of hydrogen-bond acceptors (Lipinski definition) is 5. The summed E-state index contributed by atoms with van der Waals surface area (Å²) in [5, 5.41) is 12.1. The third-order valence-corrected chi connectivity index (χ3v) is 5.80. The number of benzene rings is 1. The predicted molar refractivity (Wildman–Crippen MR) is 119 cm³/mol. The summed E-state index contributed by atoms with van der Waals surface area (Å²) in [4.78, 5) is 21.4. The number of carbonyl (C=O) groups is 1. The van der Waals surface area contributed by atoms with Crippen molar-refractivity contribution in [2.75, 3.05) is 5.32 Å². The van der Waals surface area contributed by atoms with Crippen LogP contribution in [-0.4, -0.2) is 37.7 Å². The number of nitrogens with one attached hydrogen (secondary N) is 2. The zero-order valence-electron chi connectivity index (χ0n) is 18.2. The van der Waals surface area contributed by atoms with Crippen LogP contribution in [0.3, 0.4) is 0 Å². The van der Waals surface area contributed by atoms with E-state index in [1.165, 1.54) is 12.1 Å². The Morgan fingerprint density at radius 3 is 2.45 bits per heavy atom. The first kappa shape index (κ1) is 21.2. The maximum Gasteiger partial charge on any atom is 0.222 e. The molecule has 31 heavy (non-hydrogen) atoms. The standard InChI is InChI=1S/C23H29FN6O/c1-4-20-28-21(26-16-7-9-17(10-8-16)27-23(31)14(2)3)19-13-25-30(22(19)29-20)18-11-5-15(24)6-12-18/h5-6,11-14,16-17H,4,7-10H2,1-3H3,(H,27,31)(H,26,28,29). The van der Waals surface area contributed by atoms with Gasteiger partial charge in [-0.05, 0) is 49.9 Å². The second kappa shape index (κ2) is 8.99. The van der Waals surface area contributed by atoms with Crippen molar-refractivity contribution in [2.45, 2.75) is 65.0 Å². The molecule has 0 aliphatic heterocycles. The minimum atomic E-state index is -0.286. The van der Waals surface area contributed by atoms with Gasteiger partial charge in [-0.25, -0.2) is 19.0 Å². The van der Waals surface area contributed by atoms with Crippen molar-refractivity contribution < 1.29 is 9.18 Å². The first-order valence-electron chi connectivity index (χ1n) is 11.0. The van der Waals surface area contributed by atoms with E-state index in [0.717, 1.165) is 48.4 Å². The molecular formula is C23H29FN6O. The maximum atomic E-state index is 13.3. The molecule has 1 fully saturated rings. The monoisotopic (exact) mass is 424 g/mol. The molecule has 2 N–H and O–H groups in total. The molecule has 164 valence electrons. The van der Waals surface area contributed by atoms with Gasteiger partial charge in [-0.2, -0.15) is 5.10 Å². The lowest BCUT2D eigenvalue weighted by molar-refractivity contribution is -0.124. The number of aryl methyl sites for hydroxylation is 1. The molecule has 3 aromatic rings. The van der Waals surface area contributed by atoms with Gasteiger partial charge in [-0.1, -0.05) is 20.8 Å². The minimum absolute atomic E-state index is 0.00950. The molecule has 1 amide bonds. The van der Waals surface area contributed by atoms with Crippen LogP contribution < -0.4 is 10.6 Å². The quantitative estimate of drug-likeness (QED) is 0.625. The minimum Gasteiger partial charge on any atom is -0.367 e. The number of carbonyl (C=O) groups excluding carboxylic acids is 1.